The minimum Gasteiger partial charge on any atom is -0.263 e. The second-order valence-electron chi connectivity index (χ2n) is 6.47. The average molecular weight is 391 g/mol. The lowest BCUT2D eigenvalue weighted by atomic mass is 9.99. The summed E-state index contributed by atoms with van der Waals surface area (Å²) >= 11 is 3.38. The fourth-order valence-corrected chi connectivity index (χ4v) is 4.88. The molecular weight excluding hydrogens is 372 g/mol. The van der Waals surface area contributed by atoms with E-state index in [9.17, 15) is 0 Å². The van der Waals surface area contributed by atoms with Gasteiger partial charge in [-0.1, -0.05) is 12.1 Å². The summed E-state index contributed by atoms with van der Waals surface area (Å²) in [5, 5.41) is 19.1. The van der Waals surface area contributed by atoms with Gasteiger partial charge in [-0.3, -0.25) is 4.68 Å². The van der Waals surface area contributed by atoms with Gasteiger partial charge in [0.2, 0.25) is 0 Å². The molecule has 0 aliphatic rings. The van der Waals surface area contributed by atoms with E-state index in [2.05, 4.69) is 35.9 Å². The lowest BCUT2D eigenvalue weighted by Crippen LogP contribution is -2.04. The molecule has 134 valence electrons. The monoisotopic (exact) mass is 390 g/mol. The standard InChI is InChI=1S/C21H18N4S2/c1-13-9-16(6-7-17(13)10-22)20-14(2)24-25(15(20)3)11-18-12-27-21(23-18)19-5-4-8-26-19/h4-9,12H,11H2,1-3H3. The Morgan fingerprint density at radius 3 is 2.70 bits per heavy atom. The summed E-state index contributed by atoms with van der Waals surface area (Å²) in [5.41, 5.74) is 7.07. The van der Waals surface area contributed by atoms with Crippen molar-refractivity contribution < 1.29 is 0 Å². The van der Waals surface area contributed by atoms with Gasteiger partial charge in [0.1, 0.15) is 5.01 Å². The van der Waals surface area contributed by atoms with Crippen LogP contribution in [0.3, 0.4) is 0 Å². The third kappa shape index (κ3) is 3.32. The first-order valence-electron chi connectivity index (χ1n) is 8.60. The summed E-state index contributed by atoms with van der Waals surface area (Å²) in [7, 11) is 0. The molecule has 0 aliphatic heterocycles. The number of thiazole rings is 1. The Morgan fingerprint density at radius 2 is 2.00 bits per heavy atom. The Balaban J connectivity index is 1.65. The molecule has 0 aliphatic carbocycles. The molecule has 0 radical (unpaired) electrons. The first-order valence-corrected chi connectivity index (χ1v) is 10.4. The van der Waals surface area contributed by atoms with E-state index in [4.69, 9.17) is 15.3 Å². The van der Waals surface area contributed by atoms with Crippen LogP contribution in [0, 0.1) is 32.1 Å². The quantitative estimate of drug-likeness (QED) is 0.457. The highest BCUT2D eigenvalue weighted by atomic mass is 32.1. The van der Waals surface area contributed by atoms with E-state index >= 15 is 0 Å². The Bertz CT molecular complexity index is 1140. The number of nitrogens with zero attached hydrogens (tertiary/aromatic N) is 4. The molecule has 3 aromatic heterocycles. The molecular formula is C21H18N4S2. The van der Waals surface area contributed by atoms with Gasteiger partial charge in [0.05, 0.1) is 34.4 Å². The van der Waals surface area contributed by atoms with E-state index in [1.165, 1.54) is 4.88 Å². The van der Waals surface area contributed by atoms with Gasteiger partial charge in [-0.25, -0.2) is 4.98 Å². The van der Waals surface area contributed by atoms with Crippen LogP contribution < -0.4 is 0 Å². The van der Waals surface area contributed by atoms with Crippen molar-refractivity contribution in [2.24, 2.45) is 0 Å². The molecule has 27 heavy (non-hydrogen) atoms. The van der Waals surface area contributed by atoms with Crippen molar-refractivity contribution in [3.8, 4) is 27.1 Å². The normalized spacial score (nSPS) is 10.9. The maximum Gasteiger partial charge on any atom is 0.133 e. The van der Waals surface area contributed by atoms with Gasteiger partial charge in [-0.15, -0.1) is 22.7 Å². The first kappa shape index (κ1) is 17.7. The fourth-order valence-electron chi connectivity index (χ4n) is 3.26. The van der Waals surface area contributed by atoms with Crippen LogP contribution >= 0.6 is 22.7 Å². The van der Waals surface area contributed by atoms with Gasteiger partial charge in [0.25, 0.3) is 0 Å². The fraction of sp³-hybridized carbons (Fsp3) is 0.190. The Morgan fingerprint density at radius 1 is 1.15 bits per heavy atom. The molecule has 1 aromatic carbocycles. The number of rotatable bonds is 4. The SMILES string of the molecule is Cc1cc(-c2c(C)nn(Cc3csc(-c4cccs4)n3)c2C)ccc1C#N. The van der Waals surface area contributed by atoms with E-state index < -0.39 is 0 Å². The van der Waals surface area contributed by atoms with Crippen LogP contribution in [0.5, 0.6) is 0 Å². The van der Waals surface area contributed by atoms with Gasteiger partial charge in [0, 0.05) is 16.6 Å². The van der Waals surface area contributed by atoms with Crippen molar-refractivity contribution in [1.82, 2.24) is 14.8 Å². The molecule has 0 atom stereocenters. The molecule has 0 saturated carbocycles. The van der Waals surface area contributed by atoms with Crippen LogP contribution in [0.1, 0.15) is 28.2 Å². The summed E-state index contributed by atoms with van der Waals surface area (Å²) < 4.78 is 2.02. The van der Waals surface area contributed by atoms with Crippen molar-refractivity contribution >= 4 is 22.7 Å². The highest BCUT2D eigenvalue weighted by Gasteiger charge is 2.16. The maximum atomic E-state index is 9.16. The predicted molar refractivity (Wildman–Crippen MR) is 111 cm³/mol. The third-order valence-electron chi connectivity index (χ3n) is 4.61. The predicted octanol–water partition coefficient (Wildman–Crippen LogP) is 5.58. The van der Waals surface area contributed by atoms with Crippen molar-refractivity contribution in [1.29, 1.82) is 5.26 Å². The Hall–Kier alpha value is -2.75. The van der Waals surface area contributed by atoms with Crippen LogP contribution in [0.25, 0.3) is 21.0 Å². The molecule has 0 unspecified atom stereocenters. The Kier molecular flexibility index (Phi) is 4.65. The van der Waals surface area contributed by atoms with Gasteiger partial charge >= 0.3 is 0 Å². The molecule has 0 fully saturated rings. The van der Waals surface area contributed by atoms with Crippen molar-refractivity contribution in [3.05, 3.63) is 69.3 Å². The molecule has 0 spiro atoms. The summed E-state index contributed by atoms with van der Waals surface area (Å²) in [6, 6.07) is 12.3. The zero-order chi connectivity index (χ0) is 19.0. The molecule has 4 aromatic rings. The van der Waals surface area contributed by atoms with Gasteiger partial charge in [-0.2, -0.15) is 10.4 Å². The van der Waals surface area contributed by atoms with E-state index in [0.717, 1.165) is 38.8 Å². The zero-order valence-corrected chi connectivity index (χ0v) is 17.0. The average Bonchev–Trinajstić information content (AvgIpc) is 3.37. The maximum absolute atomic E-state index is 9.16. The molecule has 0 amide bonds. The van der Waals surface area contributed by atoms with Crippen molar-refractivity contribution in [2.45, 2.75) is 27.3 Å². The number of hydrogen-bond donors (Lipinski definition) is 0. The summed E-state index contributed by atoms with van der Waals surface area (Å²) in [4.78, 5) is 5.97. The highest BCUT2D eigenvalue weighted by molar-refractivity contribution is 7.20. The van der Waals surface area contributed by atoms with E-state index in [1.807, 2.05) is 36.7 Å². The van der Waals surface area contributed by atoms with Gasteiger partial charge in [0.15, 0.2) is 0 Å². The van der Waals surface area contributed by atoms with Crippen molar-refractivity contribution in [2.75, 3.05) is 0 Å². The van der Waals surface area contributed by atoms with E-state index in [-0.39, 0.29) is 0 Å². The topological polar surface area (TPSA) is 54.5 Å². The van der Waals surface area contributed by atoms with Crippen LogP contribution in [-0.4, -0.2) is 14.8 Å². The van der Waals surface area contributed by atoms with E-state index in [1.54, 1.807) is 22.7 Å². The number of aromatic nitrogens is 3. The molecule has 3 heterocycles. The van der Waals surface area contributed by atoms with E-state index in [0.29, 0.717) is 12.1 Å². The number of nitriles is 1. The number of thiophene rings is 1. The molecule has 0 N–H and O–H groups in total. The molecule has 4 rings (SSSR count). The Labute approximate surface area is 166 Å². The number of aryl methyl sites for hydroxylation is 2. The molecule has 0 bridgehead atoms. The summed E-state index contributed by atoms with van der Waals surface area (Å²) in [6.45, 7) is 6.75. The smallest absolute Gasteiger partial charge is 0.133 e. The first-order chi connectivity index (χ1) is 13.1. The summed E-state index contributed by atoms with van der Waals surface area (Å²) in [6.07, 6.45) is 0. The lowest BCUT2D eigenvalue weighted by molar-refractivity contribution is 0.650. The number of hydrogen-bond acceptors (Lipinski definition) is 5. The molecule has 0 saturated heterocycles. The van der Waals surface area contributed by atoms with Crippen LogP contribution in [0.15, 0.2) is 41.1 Å². The molecule has 4 nitrogen and oxygen atoms in total. The molecule has 6 heteroatoms. The lowest BCUT2D eigenvalue weighted by Gasteiger charge is -2.06. The minimum atomic E-state index is 0.657. The van der Waals surface area contributed by atoms with Crippen LogP contribution in [-0.2, 0) is 6.54 Å². The highest BCUT2D eigenvalue weighted by Crippen LogP contribution is 2.30. The van der Waals surface area contributed by atoms with Crippen molar-refractivity contribution in [3.63, 3.8) is 0 Å². The minimum absolute atomic E-state index is 0.657. The number of benzene rings is 1. The second-order valence-corrected chi connectivity index (χ2v) is 8.27. The summed E-state index contributed by atoms with van der Waals surface area (Å²) in [5.74, 6) is 0. The van der Waals surface area contributed by atoms with Gasteiger partial charge < -0.3 is 0 Å². The largest absolute Gasteiger partial charge is 0.263 e. The van der Waals surface area contributed by atoms with Crippen LogP contribution in [0.2, 0.25) is 0 Å². The zero-order valence-electron chi connectivity index (χ0n) is 15.4. The van der Waals surface area contributed by atoms with Gasteiger partial charge in [-0.05, 0) is 55.5 Å². The second kappa shape index (κ2) is 7.10. The third-order valence-corrected chi connectivity index (χ3v) is 6.54. The van der Waals surface area contributed by atoms with Crippen LogP contribution in [0.4, 0.5) is 0 Å².